The molecule has 0 saturated carbocycles. The molecule has 2 unspecified atom stereocenters. The molecule has 139 valence electrons. The first-order valence-electron chi connectivity index (χ1n) is 5.79. The smallest absolute Gasteiger partial charge is 0 e. The van der Waals surface area contributed by atoms with Crippen LogP contribution in [0.25, 0.3) is 5.73 Å². The van der Waals surface area contributed by atoms with Gasteiger partial charge in [0.05, 0.1) is 0 Å². The minimum atomic E-state index is -0.786. The number of ketones is 1. The maximum absolute atomic E-state index is 10.3. The van der Waals surface area contributed by atoms with E-state index in [4.69, 9.17) is 9.65 Å². The van der Waals surface area contributed by atoms with Gasteiger partial charge in [-0.05, 0) is 32.2 Å². The number of Topliss-reactive ketones (excluding diaryl/α,β-unsaturated/α-hetero) is 1. The first-order chi connectivity index (χ1) is 10.5. The van der Waals surface area contributed by atoms with Crippen LogP contribution < -0.4 is 10.6 Å². The van der Waals surface area contributed by atoms with Crippen molar-refractivity contribution in [1.29, 1.82) is 3.91 Å². The second-order valence-corrected chi connectivity index (χ2v) is 5.88. The molecule has 0 aromatic carbocycles. The van der Waals surface area contributed by atoms with Gasteiger partial charge in [0.15, 0.2) is 0 Å². The molecular formula is C12H22N4O4S2WY-4. The first-order valence-corrected chi connectivity index (χ1v) is 9.74. The van der Waals surface area contributed by atoms with Crippen molar-refractivity contribution >= 4 is 46.4 Å². The molecule has 8 nitrogen and oxygen atoms in total. The number of amides is 1. The van der Waals surface area contributed by atoms with E-state index in [0.29, 0.717) is 11.5 Å². The first kappa shape index (κ1) is 35.9. The Hall–Kier alpha value is 0.852. The van der Waals surface area contributed by atoms with E-state index in [0.717, 1.165) is 24.9 Å². The van der Waals surface area contributed by atoms with Crippen molar-refractivity contribution in [2.24, 2.45) is 0 Å². The van der Waals surface area contributed by atoms with E-state index in [1.807, 2.05) is 6.29 Å². The fourth-order valence-electron chi connectivity index (χ4n) is 0.690. The van der Waals surface area contributed by atoms with Crippen LogP contribution in [0, 0.1) is 11.3 Å². The standard InChI is InChI=1S/C6H9NO2S2.C5H9N2O2.CH3.HN.W.Y/c1-7-6(4-9)5-11-10-3-2-8;1-4(9)5(6)2-7-3-8;;;;/h6-7H,3,5H2,1H3;5-6H,2,7H2,1H3;1H3;1H;;/q-2;2*-1;;;. The molecule has 0 aliphatic heterocycles. The van der Waals surface area contributed by atoms with Crippen molar-refractivity contribution in [1.82, 2.24) is 5.32 Å². The number of quaternary nitrogens is 1. The fraction of sp³-hybridized carbons (Fsp3) is 0.583. The fourth-order valence-corrected chi connectivity index (χ4v) is 2.38. The van der Waals surface area contributed by atoms with Crippen LogP contribution in [-0.4, -0.2) is 61.9 Å². The summed E-state index contributed by atoms with van der Waals surface area (Å²) in [5.74, 6) is 0.758. The van der Waals surface area contributed by atoms with Gasteiger partial charge in [-0.3, -0.25) is 6.29 Å². The molecule has 5 N–H and O–H groups in total. The van der Waals surface area contributed by atoms with Crippen LogP contribution in [0.4, 0.5) is 0 Å². The number of carbonyl (C=O) groups excluding carboxylic acids is 4. The van der Waals surface area contributed by atoms with Gasteiger partial charge >= 0.3 is 23.5 Å². The quantitative estimate of drug-likeness (QED) is 0.161. The third-order valence-corrected chi connectivity index (χ3v) is 3.99. The molecule has 0 fully saturated rings. The monoisotopic (exact) mass is 623 g/mol. The van der Waals surface area contributed by atoms with Crippen LogP contribution >= 0.6 is 21.6 Å². The van der Waals surface area contributed by atoms with Crippen LogP contribution in [0.2, 0.25) is 0 Å². The van der Waals surface area contributed by atoms with Gasteiger partial charge < -0.3 is 43.0 Å². The number of rotatable bonds is 11. The minimum Gasteiger partial charge on any atom is 0 e. The zero-order valence-corrected chi connectivity index (χ0v) is 21.2. The average molecular weight is 623 g/mol. The summed E-state index contributed by atoms with van der Waals surface area (Å²) in [6.07, 6.45) is 5.09. The molecule has 0 aliphatic rings. The Kier molecular flexibility index (Phi) is 47.2. The van der Waals surface area contributed by atoms with Crippen LogP contribution in [0.1, 0.15) is 6.92 Å². The predicted molar refractivity (Wildman–Crippen MR) is 89.6 cm³/mol. The summed E-state index contributed by atoms with van der Waals surface area (Å²) in [6.45, 7) is 1.51. The van der Waals surface area contributed by atoms with E-state index in [9.17, 15) is 19.2 Å². The zero-order valence-electron chi connectivity index (χ0n) is 13.8. The van der Waals surface area contributed by atoms with Gasteiger partial charge in [-0.15, -0.1) is 10.8 Å². The third-order valence-electron chi connectivity index (χ3n) is 1.85. The Morgan fingerprint density at radius 1 is 1.33 bits per heavy atom. The van der Waals surface area contributed by atoms with E-state index in [1.165, 1.54) is 34.9 Å². The summed E-state index contributed by atoms with van der Waals surface area (Å²) in [5.41, 5.74) is 6.97. The Balaban J connectivity index is -0.0000000854. The van der Waals surface area contributed by atoms with E-state index in [1.54, 1.807) is 13.3 Å². The summed E-state index contributed by atoms with van der Waals surface area (Å²) < 4.78 is 5.83. The van der Waals surface area contributed by atoms with Crippen molar-refractivity contribution in [3.63, 3.8) is 0 Å². The molecule has 0 aromatic heterocycles. The Morgan fingerprint density at radius 3 is 2.21 bits per heavy atom. The normalized spacial score (nSPS) is 10.6. The average Bonchev–Trinajstić information content (AvgIpc) is 2.55. The van der Waals surface area contributed by atoms with Crippen LogP contribution in [0.15, 0.2) is 0 Å². The zero-order chi connectivity index (χ0) is 17.8. The van der Waals surface area contributed by atoms with E-state index >= 15 is 0 Å². The summed E-state index contributed by atoms with van der Waals surface area (Å²) >= 11 is 0.833. The van der Waals surface area contributed by atoms with Gasteiger partial charge in [0.1, 0.15) is 5.78 Å². The van der Waals surface area contributed by atoms with Crippen molar-refractivity contribution in [3.8, 4) is 0 Å². The van der Waals surface area contributed by atoms with E-state index in [2.05, 4.69) is 5.32 Å². The molecule has 12 heteroatoms. The summed E-state index contributed by atoms with van der Waals surface area (Å²) in [4.78, 5) is 39.7. The van der Waals surface area contributed by atoms with Crippen molar-refractivity contribution in [3.05, 3.63) is 13.2 Å². The van der Waals surface area contributed by atoms with Gasteiger partial charge in [-0.25, -0.2) is 6.29 Å². The number of primary amides is 1. The Bertz CT molecular complexity index is 321. The second-order valence-electron chi connectivity index (χ2n) is 3.37. The van der Waals surface area contributed by atoms with Gasteiger partial charge in [0, 0.05) is 39.3 Å². The number of nitrogens with two attached hydrogens (primary N) is 1. The molecule has 24 heavy (non-hydrogen) atoms. The second kappa shape index (κ2) is 31.6. The van der Waals surface area contributed by atoms with Gasteiger partial charge in [-0.1, -0.05) is 22.6 Å². The molecule has 0 rings (SSSR count). The Labute approximate surface area is 188 Å². The number of hydrogen-bond acceptors (Lipinski definition) is 8. The van der Waals surface area contributed by atoms with Crippen LogP contribution in [-0.2, 0) is 71.5 Å². The third kappa shape index (κ3) is 30.7. The van der Waals surface area contributed by atoms with Gasteiger partial charge in [-0.2, -0.15) is 0 Å². The summed E-state index contributed by atoms with van der Waals surface area (Å²) in [6, 6.07) is -1.02. The number of carbonyl (C=O) groups is 1. The molecule has 0 aromatic rings. The molecule has 2 atom stereocenters. The molecule has 0 aliphatic carbocycles. The number of hydrogen-bond donors (Lipinski definition) is 3. The Morgan fingerprint density at radius 2 is 1.88 bits per heavy atom. The van der Waals surface area contributed by atoms with E-state index < -0.39 is 6.04 Å². The topological polar surface area (TPSA) is 145 Å². The van der Waals surface area contributed by atoms with Crippen molar-refractivity contribution < 1.29 is 76.8 Å². The van der Waals surface area contributed by atoms with Crippen LogP contribution in [0.3, 0.4) is 0 Å². The molecule has 1 radical (unpaired) electrons. The summed E-state index contributed by atoms with van der Waals surface area (Å²) in [5, 5.41) is 3.92. The molecule has 0 bridgehead atoms. The molecule has 1 amide bonds. The van der Waals surface area contributed by atoms with Crippen molar-refractivity contribution in [2.45, 2.75) is 19.0 Å². The predicted octanol–water partition coefficient (Wildman–Crippen LogP) is -0.455. The molecule has 0 heterocycles. The molecule has 0 saturated heterocycles. The maximum Gasteiger partial charge on any atom is 0 e. The molecular weight excluding hydrogens is 601 g/mol. The number of likely N-dealkylation sites (N-methyl/N-ethyl adjacent to an activating group) is 1. The van der Waals surface area contributed by atoms with Crippen molar-refractivity contribution in [2.75, 3.05) is 25.1 Å². The molecule has 0 spiro atoms. The minimum absolute atomic E-state index is 0. The number of nitrogens with one attached hydrogen (secondary N) is 3. The van der Waals surface area contributed by atoms with E-state index in [-0.39, 0.29) is 58.5 Å². The van der Waals surface area contributed by atoms with Gasteiger partial charge in [0.25, 0.3) is 0 Å². The SMILES string of the molecule is CC(=O)C([NH-])C[NH2+][C-]=O.CNC([C-]=O)CSSC[C-]=O.[CH3-].[NH]=[W].[Y]. The maximum atomic E-state index is 10.3. The summed E-state index contributed by atoms with van der Waals surface area (Å²) in [7, 11) is 4.55. The van der Waals surface area contributed by atoms with Crippen LogP contribution in [0.5, 0.6) is 0 Å². The largest absolute Gasteiger partial charge is 0 e. The van der Waals surface area contributed by atoms with Gasteiger partial charge in [0.2, 0.25) is 0 Å².